The Labute approximate surface area is 68.3 Å². The van der Waals surface area contributed by atoms with Gasteiger partial charge in [-0.25, -0.2) is 0 Å². The zero-order valence-electron chi connectivity index (χ0n) is 7.05. The van der Waals surface area contributed by atoms with Crippen molar-refractivity contribution < 1.29 is 10.2 Å². The van der Waals surface area contributed by atoms with Crippen molar-refractivity contribution in [2.24, 2.45) is 0 Å². The van der Waals surface area contributed by atoms with Crippen LogP contribution in [0.2, 0.25) is 0 Å². The van der Waals surface area contributed by atoms with E-state index in [1.807, 2.05) is 6.20 Å². The predicted octanol–water partition coefficient (Wildman–Crippen LogP) is 0.787. The van der Waals surface area contributed by atoms with Gasteiger partial charge < -0.3 is 15.1 Å². The van der Waals surface area contributed by atoms with Crippen molar-refractivity contribution in [3.63, 3.8) is 0 Å². The highest BCUT2D eigenvalue weighted by Gasteiger charge is 1.91. The normalized spacial score (nSPS) is 7.73. The maximum atomic E-state index is 4.94. The van der Waals surface area contributed by atoms with Gasteiger partial charge in [0.25, 0.3) is 0 Å². The average molecular weight is 159 g/mol. The van der Waals surface area contributed by atoms with Crippen LogP contribution in [0.1, 0.15) is 6.92 Å². The molecule has 3 heteroatoms. The summed E-state index contributed by atoms with van der Waals surface area (Å²) < 4.78 is 4.94. The molecule has 0 aromatic carbocycles. The summed E-state index contributed by atoms with van der Waals surface area (Å²) in [5, 5.41) is 0. The molecule has 0 spiro atoms. The van der Waals surface area contributed by atoms with E-state index in [4.69, 9.17) is 4.74 Å². The van der Waals surface area contributed by atoms with Crippen molar-refractivity contribution in [3.05, 3.63) is 25.6 Å². The van der Waals surface area contributed by atoms with E-state index in [0.717, 1.165) is 13.1 Å². The third-order valence-electron chi connectivity index (χ3n) is 1.28. The number of ether oxygens (including phenoxy) is 1. The highest BCUT2D eigenvalue weighted by atomic mass is 16.5. The molecule has 0 unspecified atom stereocenters. The van der Waals surface area contributed by atoms with Gasteiger partial charge >= 0.3 is 0 Å². The summed E-state index contributed by atoms with van der Waals surface area (Å²) in [4.78, 5) is 2.07. The van der Waals surface area contributed by atoms with E-state index in [0.29, 0.717) is 6.61 Å². The number of hydrogen-bond acceptors (Lipinski definition) is 2. The van der Waals surface area contributed by atoms with Crippen LogP contribution in [-0.2, 0) is 4.74 Å². The first-order valence-corrected chi connectivity index (χ1v) is 3.44. The van der Waals surface area contributed by atoms with E-state index in [-0.39, 0.29) is 5.48 Å². The second kappa shape index (κ2) is 9.04. The molecular weight excluding hydrogens is 142 g/mol. The molecule has 0 amide bonds. The molecule has 0 aliphatic rings. The fraction of sp³-hybridized carbons (Fsp3) is 0.500. The van der Waals surface area contributed by atoms with E-state index in [9.17, 15) is 0 Å². The quantitative estimate of drug-likeness (QED) is 0.425. The topological polar surface area (TPSA) is 44.0 Å². The first kappa shape index (κ1) is 12.7. The zero-order valence-corrected chi connectivity index (χ0v) is 7.05. The highest BCUT2D eigenvalue weighted by molar-refractivity contribution is 4.68. The summed E-state index contributed by atoms with van der Waals surface area (Å²) in [5.41, 5.74) is 0. The summed E-state index contributed by atoms with van der Waals surface area (Å²) in [7, 11) is 0. The van der Waals surface area contributed by atoms with Crippen LogP contribution in [0.25, 0.3) is 0 Å². The van der Waals surface area contributed by atoms with Crippen LogP contribution in [-0.4, -0.2) is 30.1 Å². The second-order valence-corrected chi connectivity index (χ2v) is 1.85. The fourth-order valence-corrected chi connectivity index (χ4v) is 0.632. The van der Waals surface area contributed by atoms with E-state index in [2.05, 4.69) is 25.0 Å². The summed E-state index contributed by atoms with van der Waals surface area (Å²) in [6.45, 7) is 11.7. The van der Waals surface area contributed by atoms with E-state index in [1.165, 1.54) is 6.26 Å². The summed E-state index contributed by atoms with van der Waals surface area (Å²) in [5.74, 6) is 0. The van der Waals surface area contributed by atoms with Gasteiger partial charge in [-0.1, -0.05) is 13.2 Å². The van der Waals surface area contributed by atoms with Crippen molar-refractivity contribution in [3.8, 4) is 0 Å². The van der Waals surface area contributed by atoms with Crippen molar-refractivity contribution in [1.29, 1.82) is 0 Å². The monoisotopic (exact) mass is 159 g/mol. The van der Waals surface area contributed by atoms with Gasteiger partial charge in [0.05, 0.1) is 12.8 Å². The number of rotatable bonds is 6. The molecule has 0 radical (unpaired) electrons. The fourth-order valence-electron chi connectivity index (χ4n) is 0.632. The number of nitrogens with zero attached hydrogens (tertiary/aromatic N) is 1. The smallest absolute Gasteiger partial charge is 0.105 e. The molecule has 0 aromatic heterocycles. The van der Waals surface area contributed by atoms with Gasteiger partial charge in [0.2, 0.25) is 0 Å². The first-order valence-electron chi connectivity index (χ1n) is 3.44. The van der Waals surface area contributed by atoms with Crippen LogP contribution in [0, 0.1) is 0 Å². The van der Waals surface area contributed by atoms with E-state index < -0.39 is 0 Å². The minimum Gasteiger partial charge on any atom is -0.500 e. The zero-order chi connectivity index (χ0) is 7.82. The maximum Gasteiger partial charge on any atom is 0.105 e. The molecule has 0 bridgehead atoms. The van der Waals surface area contributed by atoms with E-state index >= 15 is 0 Å². The van der Waals surface area contributed by atoms with Crippen molar-refractivity contribution in [2.75, 3.05) is 19.7 Å². The molecule has 66 valence electrons. The molecule has 0 heterocycles. The highest BCUT2D eigenvalue weighted by Crippen LogP contribution is 1.87. The molecule has 0 fully saturated rings. The Kier molecular flexibility index (Phi) is 10.4. The molecule has 0 saturated carbocycles. The molecule has 2 N–H and O–H groups in total. The SMILES string of the molecule is C=COCCN(C=C)CC.O. The predicted molar refractivity (Wildman–Crippen MR) is 47.2 cm³/mol. The maximum absolute atomic E-state index is 4.94. The van der Waals surface area contributed by atoms with Gasteiger partial charge in [0.1, 0.15) is 6.61 Å². The summed E-state index contributed by atoms with van der Waals surface area (Å²) in [6.07, 6.45) is 3.27. The summed E-state index contributed by atoms with van der Waals surface area (Å²) in [6, 6.07) is 0. The number of hydrogen-bond donors (Lipinski definition) is 0. The van der Waals surface area contributed by atoms with Crippen molar-refractivity contribution in [1.82, 2.24) is 4.90 Å². The molecule has 0 atom stereocenters. The Hall–Kier alpha value is -0.960. The van der Waals surface area contributed by atoms with Crippen LogP contribution < -0.4 is 0 Å². The van der Waals surface area contributed by atoms with Crippen molar-refractivity contribution >= 4 is 0 Å². The molecule has 0 rings (SSSR count). The first-order chi connectivity index (χ1) is 4.85. The molecule has 0 aliphatic carbocycles. The van der Waals surface area contributed by atoms with Crippen LogP contribution in [0.3, 0.4) is 0 Å². The lowest BCUT2D eigenvalue weighted by molar-refractivity contribution is 0.212. The molecule has 3 nitrogen and oxygen atoms in total. The Morgan fingerprint density at radius 3 is 2.45 bits per heavy atom. The third kappa shape index (κ3) is 6.93. The van der Waals surface area contributed by atoms with Gasteiger partial charge in [-0.05, 0) is 13.1 Å². The lowest BCUT2D eigenvalue weighted by atomic mass is 10.5. The second-order valence-electron chi connectivity index (χ2n) is 1.85. The van der Waals surface area contributed by atoms with Crippen LogP contribution in [0.15, 0.2) is 25.6 Å². The van der Waals surface area contributed by atoms with Gasteiger partial charge in [0.15, 0.2) is 0 Å². The Morgan fingerprint density at radius 1 is 1.45 bits per heavy atom. The molecule has 0 saturated heterocycles. The van der Waals surface area contributed by atoms with Gasteiger partial charge in [-0.15, -0.1) is 0 Å². The van der Waals surface area contributed by atoms with Crippen molar-refractivity contribution in [2.45, 2.75) is 6.92 Å². The Morgan fingerprint density at radius 2 is 2.09 bits per heavy atom. The minimum atomic E-state index is 0. The summed E-state index contributed by atoms with van der Waals surface area (Å²) >= 11 is 0. The Balaban J connectivity index is 0. The molecule has 11 heavy (non-hydrogen) atoms. The standard InChI is InChI=1S/C8H15NO.H2O/c1-4-9(5-2)7-8-10-6-3;/h4,6H,1,3,5,7-8H2,2H3;1H2. The van der Waals surface area contributed by atoms with Crippen LogP contribution in [0.4, 0.5) is 0 Å². The largest absolute Gasteiger partial charge is 0.500 e. The van der Waals surface area contributed by atoms with Crippen LogP contribution in [0.5, 0.6) is 0 Å². The molecule has 0 aromatic rings. The van der Waals surface area contributed by atoms with Gasteiger partial charge in [-0.2, -0.15) is 0 Å². The van der Waals surface area contributed by atoms with Gasteiger partial charge in [0, 0.05) is 6.54 Å². The lowest BCUT2D eigenvalue weighted by Crippen LogP contribution is -2.20. The minimum absolute atomic E-state index is 0. The molecular formula is C8H17NO2. The third-order valence-corrected chi connectivity index (χ3v) is 1.28. The Bertz CT molecular complexity index is 104. The number of likely N-dealkylation sites (N-methyl/N-ethyl adjacent to an activating group) is 1. The molecule has 0 aliphatic heterocycles. The van der Waals surface area contributed by atoms with Crippen LogP contribution >= 0.6 is 0 Å². The average Bonchev–Trinajstić information content (AvgIpc) is 1.99. The van der Waals surface area contributed by atoms with E-state index in [1.54, 1.807) is 0 Å². The lowest BCUT2D eigenvalue weighted by Gasteiger charge is -2.16. The van der Waals surface area contributed by atoms with Gasteiger partial charge in [-0.3, -0.25) is 0 Å².